The molecule has 1 aliphatic rings. The van der Waals surface area contributed by atoms with Crippen LogP contribution in [0.25, 0.3) is 27.8 Å². The van der Waals surface area contributed by atoms with Crippen LogP contribution in [0.5, 0.6) is 17.2 Å². The maximum Gasteiger partial charge on any atom is 0.331 e. The maximum atomic E-state index is 13.9. The lowest BCUT2D eigenvalue weighted by Gasteiger charge is -2.30. The zero-order valence-electron chi connectivity index (χ0n) is 20.2. The van der Waals surface area contributed by atoms with E-state index in [-0.39, 0.29) is 11.5 Å². The van der Waals surface area contributed by atoms with Gasteiger partial charge in [0.25, 0.3) is 5.56 Å². The second kappa shape index (κ2) is 8.12. The first-order valence-electron chi connectivity index (χ1n) is 11.5. The van der Waals surface area contributed by atoms with Gasteiger partial charge in [0.15, 0.2) is 17.6 Å². The Bertz CT molecular complexity index is 1830. The van der Waals surface area contributed by atoms with Crippen molar-refractivity contribution in [2.75, 3.05) is 7.11 Å². The van der Waals surface area contributed by atoms with Gasteiger partial charge in [0.1, 0.15) is 11.6 Å². The average molecular weight is 499 g/mol. The minimum Gasteiger partial charge on any atom is -0.504 e. The Kier molecular flexibility index (Phi) is 4.98. The molecule has 0 unspecified atom stereocenters. The van der Waals surface area contributed by atoms with Crippen LogP contribution in [-0.2, 0) is 14.1 Å². The van der Waals surface area contributed by atoms with Crippen LogP contribution in [0.4, 0.5) is 4.39 Å². The predicted molar refractivity (Wildman–Crippen MR) is 136 cm³/mol. The zero-order valence-corrected chi connectivity index (χ0v) is 20.2. The van der Waals surface area contributed by atoms with Gasteiger partial charge in [-0.1, -0.05) is 18.2 Å². The molecule has 1 N–H and O–H groups in total. The number of aromatic nitrogens is 3. The van der Waals surface area contributed by atoms with Crippen LogP contribution in [0, 0.1) is 5.82 Å². The minimum atomic E-state index is -0.765. The number of nitrogens with zero attached hydrogens (tertiary/aromatic N) is 3. The monoisotopic (exact) mass is 499 g/mol. The molecule has 3 aromatic carbocycles. The van der Waals surface area contributed by atoms with Crippen molar-refractivity contribution in [1.82, 2.24) is 13.7 Å². The Labute approximate surface area is 210 Å². The summed E-state index contributed by atoms with van der Waals surface area (Å²) in [4.78, 5) is 26.7. The van der Waals surface area contributed by atoms with Crippen molar-refractivity contribution in [3.8, 4) is 34.2 Å². The molecule has 8 nitrogen and oxygen atoms in total. The lowest BCUT2D eigenvalue weighted by molar-refractivity contribution is 0.228. The topological polar surface area (TPSA) is 87.6 Å². The number of aromatic hydroxyl groups is 1. The molecule has 186 valence electrons. The van der Waals surface area contributed by atoms with Gasteiger partial charge in [0, 0.05) is 19.7 Å². The van der Waals surface area contributed by atoms with Crippen molar-refractivity contribution in [2.45, 2.75) is 6.10 Å². The predicted octanol–water partition coefficient (Wildman–Crippen LogP) is 4.03. The molecule has 9 heteroatoms. The van der Waals surface area contributed by atoms with Crippen molar-refractivity contribution in [1.29, 1.82) is 0 Å². The first-order chi connectivity index (χ1) is 17.8. The van der Waals surface area contributed by atoms with Gasteiger partial charge in [0.2, 0.25) is 0 Å². The van der Waals surface area contributed by atoms with E-state index in [0.29, 0.717) is 44.9 Å². The van der Waals surface area contributed by atoms with Gasteiger partial charge in [-0.3, -0.25) is 13.9 Å². The van der Waals surface area contributed by atoms with Gasteiger partial charge in [0.05, 0.1) is 35.1 Å². The Morgan fingerprint density at radius 3 is 2.43 bits per heavy atom. The summed E-state index contributed by atoms with van der Waals surface area (Å²) in [5.41, 5.74) is 2.43. The van der Waals surface area contributed by atoms with Crippen molar-refractivity contribution < 1.29 is 19.0 Å². The van der Waals surface area contributed by atoms with Gasteiger partial charge in [-0.15, -0.1) is 0 Å². The Balaban J connectivity index is 1.83. The highest BCUT2D eigenvalue weighted by Gasteiger charge is 2.36. The van der Waals surface area contributed by atoms with Crippen molar-refractivity contribution in [3.05, 3.63) is 105 Å². The minimum absolute atomic E-state index is 0.0315. The lowest BCUT2D eigenvalue weighted by atomic mass is 10.0. The van der Waals surface area contributed by atoms with Crippen LogP contribution < -0.4 is 20.7 Å². The number of fused-ring (bicyclic) bond motifs is 5. The maximum absolute atomic E-state index is 13.9. The van der Waals surface area contributed by atoms with Crippen LogP contribution in [0.1, 0.15) is 17.4 Å². The SMILES string of the molecule is COc1cc([C@@H]2Oc3ccccc3-n3c(-c4ccc(F)cc4)c4c(=O)n(C)c(=O)n(C)c4c32)ccc1O. The highest BCUT2D eigenvalue weighted by atomic mass is 19.1. The molecule has 0 amide bonds. The summed E-state index contributed by atoms with van der Waals surface area (Å²) in [7, 11) is 4.49. The summed E-state index contributed by atoms with van der Waals surface area (Å²) in [6, 6.07) is 18.1. The number of phenolic OH excluding ortho intramolecular Hbond substituents is 1. The van der Waals surface area contributed by atoms with E-state index in [1.807, 2.05) is 28.8 Å². The van der Waals surface area contributed by atoms with Crippen LogP contribution in [0.15, 0.2) is 76.3 Å². The van der Waals surface area contributed by atoms with Crippen LogP contribution in [-0.4, -0.2) is 25.9 Å². The van der Waals surface area contributed by atoms with Crippen LogP contribution >= 0.6 is 0 Å². The third-order valence-electron chi connectivity index (χ3n) is 6.83. The number of halogens is 1. The molecular formula is C28H22FN3O5. The highest BCUT2D eigenvalue weighted by Crippen LogP contribution is 2.47. The number of methoxy groups -OCH3 is 1. The third-order valence-corrected chi connectivity index (χ3v) is 6.83. The van der Waals surface area contributed by atoms with Gasteiger partial charge in [-0.05, 0) is 54.1 Å². The molecule has 0 aliphatic carbocycles. The summed E-state index contributed by atoms with van der Waals surface area (Å²) in [5, 5.41) is 10.5. The van der Waals surface area contributed by atoms with E-state index < -0.39 is 23.2 Å². The molecular weight excluding hydrogens is 477 g/mol. The summed E-state index contributed by atoms with van der Waals surface area (Å²) >= 11 is 0. The van der Waals surface area contributed by atoms with E-state index in [2.05, 4.69) is 0 Å². The van der Waals surface area contributed by atoms with E-state index in [1.54, 1.807) is 31.3 Å². The Morgan fingerprint density at radius 2 is 1.70 bits per heavy atom. The fraction of sp³-hybridized carbons (Fsp3) is 0.143. The molecule has 6 rings (SSSR count). The normalized spacial score (nSPS) is 14.2. The standard InChI is InChI=1S/C28H22FN3O5/c1-30-24-22(27(34)31(2)28(30)35)23(15-8-11-17(29)12-9-15)32-18-6-4-5-7-20(18)37-26(25(24)32)16-10-13-19(33)21(14-16)36-3/h4-14,26,33H,1-3H3/t26-/m0/s1. The molecule has 1 aliphatic heterocycles. The van der Waals surface area contributed by atoms with Crippen molar-refractivity contribution in [2.24, 2.45) is 14.1 Å². The second-order valence-corrected chi connectivity index (χ2v) is 8.90. The molecule has 5 aromatic rings. The molecule has 0 radical (unpaired) electrons. The highest BCUT2D eigenvalue weighted by molar-refractivity contribution is 5.98. The fourth-order valence-electron chi connectivity index (χ4n) is 5.08. The van der Waals surface area contributed by atoms with E-state index in [0.717, 1.165) is 4.57 Å². The van der Waals surface area contributed by atoms with E-state index in [1.165, 1.54) is 36.9 Å². The van der Waals surface area contributed by atoms with Gasteiger partial charge >= 0.3 is 5.69 Å². The number of phenols is 1. The summed E-state index contributed by atoms with van der Waals surface area (Å²) in [6.07, 6.45) is -0.765. The summed E-state index contributed by atoms with van der Waals surface area (Å²) in [6.45, 7) is 0. The number of aryl methyl sites for hydroxylation is 1. The Morgan fingerprint density at radius 1 is 0.973 bits per heavy atom. The van der Waals surface area contributed by atoms with Crippen molar-refractivity contribution >= 4 is 10.9 Å². The number of hydrogen-bond acceptors (Lipinski definition) is 5. The first-order valence-corrected chi connectivity index (χ1v) is 11.5. The molecule has 1 atom stereocenters. The number of rotatable bonds is 3. The summed E-state index contributed by atoms with van der Waals surface area (Å²) in [5.74, 6) is 0.371. The van der Waals surface area contributed by atoms with Gasteiger partial charge < -0.3 is 19.1 Å². The quantitative estimate of drug-likeness (QED) is 0.405. The molecule has 3 heterocycles. The second-order valence-electron chi connectivity index (χ2n) is 8.90. The third kappa shape index (κ3) is 3.20. The Hall–Kier alpha value is -4.79. The molecule has 37 heavy (non-hydrogen) atoms. The zero-order chi connectivity index (χ0) is 26.0. The molecule has 0 saturated heterocycles. The van der Waals surface area contributed by atoms with Gasteiger partial charge in [-0.25, -0.2) is 9.18 Å². The lowest BCUT2D eigenvalue weighted by Crippen LogP contribution is -2.37. The van der Waals surface area contributed by atoms with E-state index in [4.69, 9.17) is 9.47 Å². The molecule has 2 aromatic heterocycles. The fourth-order valence-corrected chi connectivity index (χ4v) is 5.08. The van der Waals surface area contributed by atoms with Crippen LogP contribution in [0.3, 0.4) is 0 Å². The van der Waals surface area contributed by atoms with Gasteiger partial charge in [-0.2, -0.15) is 0 Å². The van der Waals surface area contributed by atoms with E-state index in [9.17, 15) is 19.1 Å². The summed E-state index contributed by atoms with van der Waals surface area (Å²) < 4.78 is 30.1. The molecule has 0 bridgehead atoms. The largest absolute Gasteiger partial charge is 0.504 e. The van der Waals surface area contributed by atoms with E-state index >= 15 is 0 Å². The molecule has 0 fully saturated rings. The number of ether oxygens (including phenoxy) is 2. The number of para-hydroxylation sites is 2. The van der Waals surface area contributed by atoms with Crippen LogP contribution in [0.2, 0.25) is 0 Å². The number of hydrogen-bond donors (Lipinski definition) is 1. The van der Waals surface area contributed by atoms with Crippen molar-refractivity contribution in [3.63, 3.8) is 0 Å². The first kappa shape index (κ1) is 22.7. The average Bonchev–Trinajstić information content (AvgIpc) is 3.27. The molecule has 0 saturated carbocycles. The molecule has 0 spiro atoms. The smallest absolute Gasteiger partial charge is 0.331 e. The number of benzene rings is 3.